The smallest absolute Gasteiger partial charge is 0.338 e. The van der Waals surface area contributed by atoms with Crippen LogP contribution in [0.3, 0.4) is 0 Å². The Hall–Kier alpha value is -2.93. The normalized spacial score (nSPS) is 10.6. The fourth-order valence-electron chi connectivity index (χ4n) is 2.40. The van der Waals surface area contributed by atoms with Crippen LogP contribution in [-0.4, -0.2) is 37.6 Å². The highest BCUT2D eigenvalue weighted by Gasteiger charge is 2.13. The number of carbonyl (C=O) groups is 2. The third-order valence-electron chi connectivity index (χ3n) is 3.77. The van der Waals surface area contributed by atoms with Crippen LogP contribution < -0.4 is 10.2 Å². The average Bonchev–Trinajstić information content (AvgIpc) is 3.03. The first kappa shape index (κ1) is 17.9. The van der Waals surface area contributed by atoms with Crippen molar-refractivity contribution >= 4 is 44.2 Å². The Morgan fingerprint density at radius 2 is 1.81 bits per heavy atom. The van der Waals surface area contributed by atoms with E-state index in [0.29, 0.717) is 22.9 Å². The summed E-state index contributed by atoms with van der Waals surface area (Å²) >= 11 is 1.32. The van der Waals surface area contributed by atoms with Crippen LogP contribution in [0.1, 0.15) is 27.6 Å². The molecule has 2 aromatic carbocycles. The zero-order chi connectivity index (χ0) is 18.7. The number of amides is 1. The fourth-order valence-corrected chi connectivity index (χ4v) is 3.30. The summed E-state index contributed by atoms with van der Waals surface area (Å²) in [5, 5.41) is 3.30. The lowest BCUT2D eigenvalue weighted by molar-refractivity contribution is 0.0526. The summed E-state index contributed by atoms with van der Waals surface area (Å²) in [5.41, 5.74) is 2.77. The molecule has 0 radical (unpaired) electrons. The molecule has 1 aromatic heterocycles. The number of thiazole rings is 1. The summed E-state index contributed by atoms with van der Waals surface area (Å²) < 4.78 is 5.82. The van der Waals surface area contributed by atoms with Crippen molar-refractivity contribution in [2.24, 2.45) is 0 Å². The highest BCUT2D eigenvalue weighted by atomic mass is 32.1. The van der Waals surface area contributed by atoms with E-state index in [0.717, 1.165) is 15.9 Å². The largest absolute Gasteiger partial charge is 0.462 e. The number of hydrogen-bond donors (Lipinski definition) is 1. The Bertz CT molecular complexity index is 948. The van der Waals surface area contributed by atoms with E-state index in [1.165, 1.54) is 11.3 Å². The van der Waals surface area contributed by atoms with Gasteiger partial charge in [0.05, 0.1) is 22.4 Å². The number of nitrogens with one attached hydrogen (secondary N) is 1. The third-order valence-corrected chi connectivity index (χ3v) is 4.70. The number of hydrogen-bond acceptors (Lipinski definition) is 6. The van der Waals surface area contributed by atoms with Crippen LogP contribution in [0.5, 0.6) is 0 Å². The Labute approximate surface area is 155 Å². The maximum Gasteiger partial charge on any atom is 0.338 e. The van der Waals surface area contributed by atoms with Gasteiger partial charge in [-0.05, 0) is 49.4 Å². The maximum absolute atomic E-state index is 12.4. The second kappa shape index (κ2) is 7.53. The van der Waals surface area contributed by atoms with Crippen molar-refractivity contribution in [3.05, 3.63) is 53.6 Å². The predicted molar refractivity (Wildman–Crippen MR) is 104 cm³/mol. The zero-order valence-corrected chi connectivity index (χ0v) is 15.6. The lowest BCUT2D eigenvalue weighted by Gasteiger charge is -2.12. The summed E-state index contributed by atoms with van der Waals surface area (Å²) in [4.78, 5) is 30.6. The van der Waals surface area contributed by atoms with Crippen LogP contribution in [-0.2, 0) is 4.74 Å². The average molecular weight is 369 g/mol. The van der Waals surface area contributed by atoms with E-state index < -0.39 is 0 Å². The Morgan fingerprint density at radius 3 is 2.46 bits per heavy atom. The Balaban J connectivity index is 1.77. The van der Waals surface area contributed by atoms with E-state index in [4.69, 9.17) is 4.74 Å². The number of anilines is 2. The first-order chi connectivity index (χ1) is 12.5. The quantitative estimate of drug-likeness (QED) is 0.693. The van der Waals surface area contributed by atoms with Gasteiger partial charge in [-0.25, -0.2) is 9.78 Å². The van der Waals surface area contributed by atoms with E-state index in [1.54, 1.807) is 37.3 Å². The van der Waals surface area contributed by atoms with Crippen molar-refractivity contribution in [3.8, 4) is 0 Å². The molecule has 0 bridgehead atoms. The van der Waals surface area contributed by atoms with Gasteiger partial charge in [0, 0.05) is 25.3 Å². The molecule has 26 heavy (non-hydrogen) atoms. The minimum atomic E-state index is -0.366. The lowest BCUT2D eigenvalue weighted by atomic mass is 10.2. The number of carbonyl (C=O) groups excluding carboxylic acids is 2. The summed E-state index contributed by atoms with van der Waals surface area (Å²) in [5.74, 6) is -0.589. The molecule has 0 fully saturated rings. The molecule has 7 heteroatoms. The topological polar surface area (TPSA) is 71.5 Å². The molecule has 0 saturated carbocycles. The molecule has 0 aliphatic heterocycles. The standard InChI is InChI=1S/C19H19N3O3S/c1-4-25-18(24)13-7-10-15-16(11-13)26-19(20-15)21-17(23)12-5-8-14(9-6-12)22(2)3/h5-11H,4H2,1-3H3,(H,20,21,23). The minimum absolute atomic E-state index is 0.222. The highest BCUT2D eigenvalue weighted by molar-refractivity contribution is 7.22. The van der Waals surface area contributed by atoms with Crippen molar-refractivity contribution in [1.82, 2.24) is 4.98 Å². The van der Waals surface area contributed by atoms with Gasteiger partial charge < -0.3 is 9.64 Å². The number of nitrogens with zero attached hydrogens (tertiary/aromatic N) is 2. The van der Waals surface area contributed by atoms with Gasteiger partial charge in [0.1, 0.15) is 0 Å². The highest BCUT2D eigenvalue weighted by Crippen LogP contribution is 2.27. The zero-order valence-electron chi connectivity index (χ0n) is 14.8. The first-order valence-electron chi connectivity index (χ1n) is 8.14. The Kier molecular flexibility index (Phi) is 5.18. The predicted octanol–water partition coefficient (Wildman–Crippen LogP) is 3.79. The van der Waals surface area contributed by atoms with Gasteiger partial charge in [0.15, 0.2) is 5.13 Å². The van der Waals surface area contributed by atoms with Gasteiger partial charge in [0.25, 0.3) is 5.91 Å². The van der Waals surface area contributed by atoms with Crippen LogP contribution in [0.2, 0.25) is 0 Å². The maximum atomic E-state index is 12.4. The number of benzene rings is 2. The second-order valence-electron chi connectivity index (χ2n) is 5.82. The molecule has 3 aromatic rings. The van der Waals surface area contributed by atoms with E-state index in [-0.39, 0.29) is 11.9 Å². The van der Waals surface area contributed by atoms with Crippen molar-refractivity contribution < 1.29 is 14.3 Å². The monoisotopic (exact) mass is 369 g/mol. The van der Waals surface area contributed by atoms with Gasteiger partial charge in [-0.2, -0.15) is 0 Å². The van der Waals surface area contributed by atoms with Crippen molar-refractivity contribution in [2.45, 2.75) is 6.92 Å². The first-order valence-corrected chi connectivity index (χ1v) is 8.96. The van der Waals surface area contributed by atoms with Crippen LogP contribution in [0.4, 0.5) is 10.8 Å². The van der Waals surface area contributed by atoms with Crippen LogP contribution in [0.15, 0.2) is 42.5 Å². The van der Waals surface area contributed by atoms with Crippen molar-refractivity contribution in [2.75, 3.05) is 30.9 Å². The fraction of sp³-hybridized carbons (Fsp3) is 0.211. The molecular formula is C19H19N3O3S. The number of aromatic nitrogens is 1. The molecule has 0 saturated heterocycles. The van der Waals surface area contributed by atoms with Crippen LogP contribution in [0.25, 0.3) is 10.2 Å². The van der Waals surface area contributed by atoms with Crippen LogP contribution in [0, 0.1) is 0 Å². The molecule has 0 unspecified atom stereocenters. The van der Waals surface area contributed by atoms with Gasteiger partial charge in [-0.3, -0.25) is 10.1 Å². The molecule has 0 spiro atoms. The Morgan fingerprint density at radius 1 is 1.12 bits per heavy atom. The molecule has 134 valence electrons. The number of esters is 1. The summed E-state index contributed by atoms with van der Waals surface area (Å²) in [7, 11) is 3.89. The van der Waals surface area contributed by atoms with Crippen LogP contribution >= 0.6 is 11.3 Å². The van der Waals surface area contributed by atoms with Gasteiger partial charge in [-0.1, -0.05) is 11.3 Å². The summed E-state index contributed by atoms with van der Waals surface area (Å²) in [6, 6.07) is 12.5. The van der Waals surface area contributed by atoms with E-state index in [2.05, 4.69) is 10.3 Å². The molecule has 0 atom stereocenters. The van der Waals surface area contributed by atoms with E-state index >= 15 is 0 Å². The lowest BCUT2D eigenvalue weighted by Crippen LogP contribution is -2.13. The van der Waals surface area contributed by atoms with Crippen molar-refractivity contribution in [1.29, 1.82) is 0 Å². The third kappa shape index (κ3) is 3.83. The summed E-state index contributed by atoms with van der Waals surface area (Å²) in [6.45, 7) is 2.09. The molecule has 0 aliphatic carbocycles. The van der Waals surface area contributed by atoms with E-state index in [9.17, 15) is 9.59 Å². The summed E-state index contributed by atoms with van der Waals surface area (Å²) in [6.07, 6.45) is 0. The molecule has 1 N–H and O–H groups in total. The minimum Gasteiger partial charge on any atom is -0.462 e. The number of ether oxygens (including phenoxy) is 1. The molecular weight excluding hydrogens is 350 g/mol. The molecule has 6 nitrogen and oxygen atoms in total. The molecule has 1 heterocycles. The molecule has 0 aliphatic rings. The van der Waals surface area contributed by atoms with E-state index in [1.807, 2.05) is 31.1 Å². The van der Waals surface area contributed by atoms with Crippen molar-refractivity contribution in [3.63, 3.8) is 0 Å². The molecule has 1 amide bonds. The SMILES string of the molecule is CCOC(=O)c1ccc2nc(NC(=O)c3ccc(N(C)C)cc3)sc2c1. The van der Waals surface area contributed by atoms with Gasteiger partial charge >= 0.3 is 5.97 Å². The number of fused-ring (bicyclic) bond motifs is 1. The number of rotatable bonds is 5. The molecule has 3 rings (SSSR count). The second-order valence-corrected chi connectivity index (χ2v) is 6.85. The van der Waals surface area contributed by atoms with Gasteiger partial charge in [-0.15, -0.1) is 0 Å². The van der Waals surface area contributed by atoms with Gasteiger partial charge in [0.2, 0.25) is 0 Å².